The van der Waals surface area contributed by atoms with Gasteiger partial charge in [-0.05, 0) is 38.3 Å². The van der Waals surface area contributed by atoms with Gasteiger partial charge in [0.15, 0.2) is 0 Å². The SMILES string of the molecule is CCCN1CCN(CC2(CNC)CCCCCC2)CC1. The van der Waals surface area contributed by atoms with Crippen LogP contribution in [0.15, 0.2) is 0 Å². The molecule has 0 amide bonds. The van der Waals surface area contributed by atoms with Crippen LogP contribution in [0.5, 0.6) is 0 Å². The lowest BCUT2D eigenvalue weighted by atomic mass is 9.79. The third-order valence-corrected chi connectivity index (χ3v) is 5.28. The first-order chi connectivity index (χ1) is 9.78. The summed E-state index contributed by atoms with van der Waals surface area (Å²) in [7, 11) is 2.13. The van der Waals surface area contributed by atoms with Gasteiger partial charge in [-0.1, -0.05) is 32.6 Å². The molecule has 20 heavy (non-hydrogen) atoms. The van der Waals surface area contributed by atoms with Crippen molar-refractivity contribution < 1.29 is 0 Å². The summed E-state index contributed by atoms with van der Waals surface area (Å²) in [6.45, 7) is 11.2. The molecule has 1 heterocycles. The maximum atomic E-state index is 3.49. The quantitative estimate of drug-likeness (QED) is 0.755. The summed E-state index contributed by atoms with van der Waals surface area (Å²) < 4.78 is 0. The summed E-state index contributed by atoms with van der Waals surface area (Å²) in [4.78, 5) is 5.38. The molecule has 1 saturated carbocycles. The largest absolute Gasteiger partial charge is 0.319 e. The van der Waals surface area contributed by atoms with E-state index in [4.69, 9.17) is 0 Å². The van der Waals surface area contributed by atoms with Gasteiger partial charge in [-0.2, -0.15) is 0 Å². The Balaban J connectivity index is 1.85. The molecule has 0 radical (unpaired) electrons. The number of hydrogen-bond donors (Lipinski definition) is 1. The van der Waals surface area contributed by atoms with E-state index in [-0.39, 0.29) is 0 Å². The van der Waals surface area contributed by atoms with Gasteiger partial charge in [0, 0.05) is 39.3 Å². The van der Waals surface area contributed by atoms with E-state index in [9.17, 15) is 0 Å². The lowest BCUT2D eigenvalue weighted by Gasteiger charge is -2.42. The molecular weight excluding hydrogens is 246 g/mol. The molecule has 118 valence electrons. The van der Waals surface area contributed by atoms with Gasteiger partial charge in [-0.3, -0.25) is 0 Å². The number of nitrogens with zero attached hydrogens (tertiary/aromatic N) is 2. The minimum absolute atomic E-state index is 0.554. The van der Waals surface area contributed by atoms with Crippen LogP contribution in [0.3, 0.4) is 0 Å². The van der Waals surface area contributed by atoms with E-state index in [1.165, 1.54) is 90.8 Å². The predicted molar refractivity (Wildman–Crippen MR) is 87.2 cm³/mol. The van der Waals surface area contributed by atoms with Crippen molar-refractivity contribution in [2.75, 3.05) is 52.9 Å². The van der Waals surface area contributed by atoms with Crippen molar-refractivity contribution in [3.8, 4) is 0 Å². The lowest BCUT2D eigenvalue weighted by Crippen LogP contribution is -2.51. The van der Waals surface area contributed by atoms with Crippen LogP contribution in [0.2, 0.25) is 0 Å². The van der Waals surface area contributed by atoms with Gasteiger partial charge in [-0.15, -0.1) is 0 Å². The van der Waals surface area contributed by atoms with Gasteiger partial charge in [0.05, 0.1) is 0 Å². The summed E-state index contributed by atoms with van der Waals surface area (Å²) >= 11 is 0. The zero-order valence-corrected chi connectivity index (χ0v) is 13.8. The Labute approximate surface area is 126 Å². The topological polar surface area (TPSA) is 18.5 Å². The fourth-order valence-electron chi connectivity index (χ4n) is 4.21. The monoisotopic (exact) mass is 281 g/mol. The summed E-state index contributed by atoms with van der Waals surface area (Å²) in [5.74, 6) is 0. The molecule has 0 atom stereocenters. The molecule has 2 aliphatic rings. The Morgan fingerprint density at radius 2 is 1.50 bits per heavy atom. The van der Waals surface area contributed by atoms with Gasteiger partial charge in [0.2, 0.25) is 0 Å². The first-order valence-corrected chi connectivity index (χ1v) is 8.87. The van der Waals surface area contributed by atoms with Crippen LogP contribution >= 0.6 is 0 Å². The fourth-order valence-corrected chi connectivity index (χ4v) is 4.21. The van der Waals surface area contributed by atoms with Gasteiger partial charge >= 0.3 is 0 Å². The van der Waals surface area contributed by atoms with Crippen molar-refractivity contribution in [2.45, 2.75) is 51.9 Å². The number of nitrogens with one attached hydrogen (secondary N) is 1. The van der Waals surface area contributed by atoms with E-state index in [0.29, 0.717) is 5.41 Å². The standard InChI is InChI=1S/C17H35N3/c1-3-10-19-11-13-20(14-12-19)16-17(15-18-2)8-6-4-5-7-9-17/h18H,3-16H2,1-2H3. The van der Waals surface area contributed by atoms with E-state index < -0.39 is 0 Å². The van der Waals surface area contributed by atoms with E-state index >= 15 is 0 Å². The summed E-state index contributed by atoms with van der Waals surface area (Å²) in [5.41, 5.74) is 0.554. The molecule has 0 unspecified atom stereocenters. The molecule has 0 aromatic heterocycles. The Hall–Kier alpha value is -0.120. The van der Waals surface area contributed by atoms with Gasteiger partial charge in [-0.25, -0.2) is 0 Å². The smallest absolute Gasteiger partial charge is 0.0110 e. The highest BCUT2D eigenvalue weighted by Crippen LogP contribution is 2.35. The van der Waals surface area contributed by atoms with Gasteiger partial charge in [0.25, 0.3) is 0 Å². The third-order valence-electron chi connectivity index (χ3n) is 5.28. The van der Waals surface area contributed by atoms with Crippen LogP contribution < -0.4 is 5.32 Å². The van der Waals surface area contributed by atoms with Gasteiger partial charge in [0.1, 0.15) is 0 Å². The highest BCUT2D eigenvalue weighted by Gasteiger charge is 2.33. The molecule has 2 rings (SSSR count). The first-order valence-electron chi connectivity index (χ1n) is 8.87. The lowest BCUT2D eigenvalue weighted by molar-refractivity contribution is 0.0756. The van der Waals surface area contributed by atoms with Crippen LogP contribution in [0.1, 0.15) is 51.9 Å². The normalized spacial score (nSPS) is 25.5. The second-order valence-corrected chi connectivity index (χ2v) is 7.06. The minimum Gasteiger partial charge on any atom is -0.319 e. The van der Waals surface area contributed by atoms with Crippen LogP contribution in [-0.4, -0.2) is 62.7 Å². The van der Waals surface area contributed by atoms with Crippen LogP contribution in [0.4, 0.5) is 0 Å². The summed E-state index contributed by atoms with van der Waals surface area (Å²) in [6.07, 6.45) is 9.95. The second kappa shape index (κ2) is 8.35. The van der Waals surface area contributed by atoms with Crippen molar-refractivity contribution in [1.29, 1.82) is 0 Å². The molecule has 0 aromatic rings. The van der Waals surface area contributed by atoms with E-state index in [1.54, 1.807) is 0 Å². The maximum Gasteiger partial charge on any atom is 0.0110 e. The zero-order chi connectivity index (χ0) is 14.3. The van der Waals surface area contributed by atoms with Crippen LogP contribution in [0, 0.1) is 5.41 Å². The van der Waals surface area contributed by atoms with Crippen molar-refractivity contribution in [3.63, 3.8) is 0 Å². The molecule has 1 aliphatic heterocycles. The molecule has 2 fully saturated rings. The van der Waals surface area contributed by atoms with Crippen molar-refractivity contribution in [2.24, 2.45) is 5.41 Å². The zero-order valence-electron chi connectivity index (χ0n) is 13.8. The Bertz CT molecular complexity index is 251. The van der Waals surface area contributed by atoms with E-state index in [1.807, 2.05) is 0 Å². The fraction of sp³-hybridized carbons (Fsp3) is 1.00. The van der Waals surface area contributed by atoms with Gasteiger partial charge < -0.3 is 15.1 Å². The molecule has 0 spiro atoms. The van der Waals surface area contributed by atoms with Crippen molar-refractivity contribution >= 4 is 0 Å². The molecule has 1 aliphatic carbocycles. The molecule has 0 bridgehead atoms. The Kier molecular flexibility index (Phi) is 6.79. The first kappa shape index (κ1) is 16.3. The summed E-state index contributed by atoms with van der Waals surface area (Å²) in [5, 5.41) is 3.49. The van der Waals surface area contributed by atoms with E-state index in [0.717, 1.165) is 0 Å². The Morgan fingerprint density at radius 1 is 0.900 bits per heavy atom. The predicted octanol–water partition coefficient (Wildman–Crippen LogP) is 2.57. The number of rotatable bonds is 6. The average Bonchev–Trinajstić information content (AvgIpc) is 2.68. The highest BCUT2D eigenvalue weighted by molar-refractivity contribution is 4.88. The molecule has 3 nitrogen and oxygen atoms in total. The number of hydrogen-bond acceptors (Lipinski definition) is 3. The molecule has 1 N–H and O–H groups in total. The van der Waals surface area contributed by atoms with Crippen LogP contribution in [-0.2, 0) is 0 Å². The van der Waals surface area contributed by atoms with Crippen molar-refractivity contribution in [3.05, 3.63) is 0 Å². The molecular formula is C17H35N3. The van der Waals surface area contributed by atoms with Crippen molar-refractivity contribution in [1.82, 2.24) is 15.1 Å². The minimum atomic E-state index is 0.554. The second-order valence-electron chi connectivity index (χ2n) is 7.06. The number of piperazine rings is 1. The molecule has 0 aromatic carbocycles. The maximum absolute atomic E-state index is 3.49. The summed E-state index contributed by atoms with van der Waals surface area (Å²) in [6, 6.07) is 0. The highest BCUT2D eigenvalue weighted by atomic mass is 15.3. The molecule has 3 heteroatoms. The van der Waals surface area contributed by atoms with Crippen LogP contribution in [0.25, 0.3) is 0 Å². The molecule has 1 saturated heterocycles. The van der Waals surface area contributed by atoms with E-state index in [2.05, 4.69) is 29.1 Å². The third kappa shape index (κ3) is 4.71. The average molecular weight is 281 g/mol. The Morgan fingerprint density at radius 3 is 2.05 bits per heavy atom.